The highest BCUT2D eigenvalue weighted by molar-refractivity contribution is 5.83. The second-order valence-corrected chi connectivity index (χ2v) is 5.24. The van der Waals surface area contributed by atoms with Crippen molar-refractivity contribution in [3.8, 4) is 0 Å². The number of nitrogens with zero attached hydrogens (tertiary/aromatic N) is 1. The zero-order chi connectivity index (χ0) is 14.0. The predicted molar refractivity (Wildman–Crippen MR) is 76.1 cm³/mol. The second-order valence-electron chi connectivity index (χ2n) is 5.24. The molecule has 1 aromatic heterocycles. The van der Waals surface area contributed by atoms with Crippen LogP contribution in [0.25, 0.3) is 10.9 Å². The summed E-state index contributed by atoms with van der Waals surface area (Å²) in [7, 11) is 3.97. The van der Waals surface area contributed by atoms with E-state index in [2.05, 4.69) is 16.0 Å². The van der Waals surface area contributed by atoms with E-state index in [4.69, 9.17) is 5.11 Å². The normalized spacial score (nSPS) is 14.7. The van der Waals surface area contributed by atoms with E-state index < -0.39 is 5.97 Å². The number of hydrogen-bond acceptors (Lipinski definition) is 2. The van der Waals surface area contributed by atoms with Gasteiger partial charge in [0.15, 0.2) is 0 Å². The number of nitrogens with one attached hydrogen (secondary N) is 1. The number of carbonyl (C=O) groups is 1. The highest BCUT2D eigenvalue weighted by Gasteiger charge is 2.23. The van der Waals surface area contributed by atoms with Gasteiger partial charge in [0.2, 0.25) is 0 Å². The van der Waals surface area contributed by atoms with Crippen LogP contribution in [0.5, 0.6) is 0 Å². The minimum atomic E-state index is -0.744. The standard InChI is InChI=1S/C15H20N2O2/c1-10(15(18)19)8-14(17(2)3)12-9-16-13-7-5-4-6-11(12)13/h4-7,9-10,14,16H,8H2,1-3H3,(H,18,19). The van der Waals surface area contributed by atoms with Crippen LogP contribution >= 0.6 is 0 Å². The first-order valence-corrected chi connectivity index (χ1v) is 6.46. The Bertz CT molecular complexity index is 574. The first-order chi connectivity index (χ1) is 9.00. The summed E-state index contributed by atoms with van der Waals surface area (Å²) in [4.78, 5) is 16.4. The van der Waals surface area contributed by atoms with E-state index in [1.807, 2.05) is 38.5 Å². The summed E-state index contributed by atoms with van der Waals surface area (Å²) in [6, 6.07) is 8.21. The molecule has 0 saturated carbocycles. The topological polar surface area (TPSA) is 56.3 Å². The lowest BCUT2D eigenvalue weighted by molar-refractivity contribution is -0.141. The number of aromatic nitrogens is 1. The average molecular weight is 260 g/mol. The predicted octanol–water partition coefficient (Wildman–Crippen LogP) is 2.88. The Hall–Kier alpha value is -1.81. The number of aromatic amines is 1. The zero-order valence-electron chi connectivity index (χ0n) is 11.6. The maximum Gasteiger partial charge on any atom is 0.306 e. The van der Waals surface area contributed by atoms with Gasteiger partial charge in [0.1, 0.15) is 0 Å². The monoisotopic (exact) mass is 260 g/mol. The number of rotatable bonds is 5. The molecule has 102 valence electrons. The van der Waals surface area contributed by atoms with E-state index in [1.165, 1.54) is 5.39 Å². The molecule has 2 unspecified atom stereocenters. The molecule has 0 radical (unpaired) electrons. The van der Waals surface area contributed by atoms with Crippen LogP contribution in [0, 0.1) is 5.92 Å². The first-order valence-electron chi connectivity index (χ1n) is 6.46. The van der Waals surface area contributed by atoms with Gasteiger partial charge in [-0.05, 0) is 32.1 Å². The van der Waals surface area contributed by atoms with E-state index in [-0.39, 0.29) is 12.0 Å². The first kappa shape index (κ1) is 13.6. The van der Waals surface area contributed by atoms with Gasteiger partial charge in [0.25, 0.3) is 0 Å². The molecule has 1 aromatic carbocycles. The van der Waals surface area contributed by atoms with Gasteiger partial charge in [-0.1, -0.05) is 25.1 Å². The third-order valence-electron chi connectivity index (χ3n) is 3.60. The molecule has 19 heavy (non-hydrogen) atoms. The number of hydrogen-bond donors (Lipinski definition) is 2. The number of carboxylic acid groups (broad SMARTS) is 1. The Morgan fingerprint density at radius 2 is 2.05 bits per heavy atom. The molecule has 0 amide bonds. The quantitative estimate of drug-likeness (QED) is 0.869. The molecule has 0 aliphatic rings. The number of H-pyrrole nitrogens is 1. The number of benzene rings is 1. The fourth-order valence-corrected chi connectivity index (χ4v) is 2.42. The summed E-state index contributed by atoms with van der Waals surface area (Å²) in [5.41, 5.74) is 2.25. The van der Waals surface area contributed by atoms with E-state index in [1.54, 1.807) is 6.92 Å². The fraction of sp³-hybridized carbons (Fsp3) is 0.400. The lowest BCUT2D eigenvalue weighted by atomic mass is 9.95. The fourth-order valence-electron chi connectivity index (χ4n) is 2.42. The van der Waals surface area contributed by atoms with Crippen LogP contribution in [0.4, 0.5) is 0 Å². The summed E-state index contributed by atoms with van der Waals surface area (Å²) in [5.74, 6) is -1.10. The largest absolute Gasteiger partial charge is 0.481 e. The zero-order valence-corrected chi connectivity index (χ0v) is 11.6. The van der Waals surface area contributed by atoms with E-state index in [0.29, 0.717) is 6.42 Å². The number of fused-ring (bicyclic) bond motifs is 1. The van der Waals surface area contributed by atoms with Gasteiger partial charge >= 0.3 is 5.97 Å². The second kappa shape index (κ2) is 5.45. The van der Waals surface area contributed by atoms with Crippen molar-refractivity contribution >= 4 is 16.9 Å². The van der Waals surface area contributed by atoms with Crippen molar-refractivity contribution in [2.24, 2.45) is 5.92 Å². The third kappa shape index (κ3) is 2.79. The summed E-state index contributed by atoms with van der Waals surface area (Å²) in [6.45, 7) is 1.76. The Morgan fingerprint density at radius 3 is 2.68 bits per heavy atom. The molecule has 2 N–H and O–H groups in total. The maximum atomic E-state index is 11.1. The van der Waals surface area contributed by atoms with Crippen LogP contribution in [0.3, 0.4) is 0 Å². The van der Waals surface area contributed by atoms with Crippen LogP contribution in [-0.4, -0.2) is 35.1 Å². The van der Waals surface area contributed by atoms with Gasteiger partial charge in [-0.25, -0.2) is 0 Å². The molecular weight excluding hydrogens is 240 g/mol. The van der Waals surface area contributed by atoms with Gasteiger partial charge in [-0.2, -0.15) is 0 Å². The molecule has 4 nitrogen and oxygen atoms in total. The Morgan fingerprint density at radius 1 is 1.37 bits per heavy atom. The van der Waals surface area contributed by atoms with E-state index in [0.717, 1.165) is 11.1 Å². The lowest BCUT2D eigenvalue weighted by Gasteiger charge is -2.25. The molecule has 0 bridgehead atoms. The number of carboxylic acids is 1. The van der Waals surface area contributed by atoms with Crippen molar-refractivity contribution < 1.29 is 9.90 Å². The van der Waals surface area contributed by atoms with Crippen molar-refractivity contribution in [3.63, 3.8) is 0 Å². The molecule has 0 spiro atoms. The van der Waals surface area contributed by atoms with Crippen LogP contribution < -0.4 is 0 Å². The highest BCUT2D eigenvalue weighted by atomic mass is 16.4. The molecule has 0 fully saturated rings. The van der Waals surface area contributed by atoms with E-state index in [9.17, 15) is 4.79 Å². The summed E-state index contributed by atoms with van der Waals surface area (Å²) >= 11 is 0. The van der Waals surface area contributed by atoms with Crippen molar-refractivity contribution in [2.75, 3.05) is 14.1 Å². The van der Waals surface area contributed by atoms with Gasteiger partial charge in [0.05, 0.1) is 5.92 Å². The molecule has 0 aliphatic carbocycles. The van der Waals surface area contributed by atoms with Crippen LogP contribution in [0.15, 0.2) is 30.5 Å². The molecule has 1 heterocycles. The Kier molecular flexibility index (Phi) is 3.90. The molecule has 2 rings (SSSR count). The molecule has 4 heteroatoms. The van der Waals surface area contributed by atoms with Crippen molar-refractivity contribution in [1.29, 1.82) is 0 Å². The van der Waals surface area contributed by atoms with Crippen LogP contribution in [-0.2, 0) is 4.79 Å². The molecule has 2 aromatic rings. The van der Waals surface area contributed by atoms with E-state index >= 15 is 0 Å². The lowest BCUT2D eigenvalue weighted by Crippen LogP contribution is -2.24. The summed E-state index contributed by atoms with van der Waals surface area (Å²) < 4.78 is 0. The number of aliphatic carboxylic acids is 1. The maximum absolute atomic E-state index is 11.1. The van der Waals surface area contributed by atoms with Crippen molar-refractivity contribution in [1.82, 2.24) is 9.88 Å². The van der Waals surface area contributed by atoms with Crippen molar-refractivity contribution in [3.05, 3.63) is 36.0 Å². The Labute approximate surface area is 113 Å². The van der Waals surface area contributed by atoms with Gasteiger partial charge in [0, 0.05) is 23.1 Å². The molecule has 0 saturated heterocycles. The van der Waals surface area contributed by atoms with Crippen LogP contribution in [0.1, 0.15) is 24.9 Å². The Balaban J connectivity index is 2.36. The van der Waals surface area contributed by atoms with Gasteiger partial charge in [-0.3, -0.25) is 4.79 Å². The highest BCUT2D eigenvalue weighted by Crippen LogP contribution is 2.31. The molecule has 0 aliphatic heterocycles. The minimum Gasteiger partial charge on any atom is -0.481 e. The van der Waals surface area contributed by atoms with Crippen molar-refractivity contribution in [2.45, 2.75) is 19.4 Å². The molecule has 2 atom stereocenters. The smallest absolute Gasteiger partial charge is 0.306 e. The SMILES string of the molecule is CC(CC(c1c[nH]c2ccccc12)N(C)C)C(=O)O. The average Bonchev–Trinajstić information content (AvgIpc) is 2.78. The third-order valence-corrected chi connectivity index (χ3v) is 3.60. The number of para-hydroxylation sites is 1. The van der Waals surface area contributed by atoms with Crippen LogP contribution in [0.2, 0.25) is 0 Å². The summed E-state index contributed by atoms with van der Waals surface area (Å²) in [6.07, 6.45) is 2.59. The van der Waals surface area contributed by atoms with Gasteiger partial charge in [-0.15, -0.1) is 0 Å². The minimum absolute atomic E-state index is 0.0993. The summed E-state index contributed by atoms with van der Waals surface area (Å²) in [5, 5.41) is 10.3. The van der Waals surface area contributed by atoms with Gasteiger partial charge < -0.3 is 15.0 Å². The molecular formula is C15H20N2O2.